The molecular weight excluding hydrogens is 184 g/mol. The first-order valence-corrected chi connectivity index (χ1v) is 6.00. The molecule has 1 aliphatic carbocycles. The Morgan fingerprint density at radius 1 is 1.53 bits per heavy atom. The van der Waals surface area contributed by atoms with Crippen molar-refractivity contribution < 1.29 is 0 Å². The van der Waals surface area contributed by atoms with Crippen LogP contribution in [0.4, 0.5) is 0 Å². The number of rotatable bonds is 6. The van der Waals surface area contributed by atoms with Gasteiger partial charge < -0.3 is 5.32 Å². The number of hydrogen-bond acceptors (Lipinski definition) is 2. The van der Waals surface area contributed by atoms with Crippen molar-refractivity contribution in [2.45, 2.75) is 38.6 Å². The van der Waals surface area contributed by atoms with Crippen LogP contribution in [0.25, 0.3) is 0 Å². The summed E-state index contributed by atoms with van der Waals surface area (Å²) >= 11 is 0. The molecule has 2 heteroatoms. The van der Waals surface area contributed by atoms with Gasteiger partial charge >= 0.3 is 0 Å². The Morgan fingerprint density at radius 3 is 3.00 bits per heavy atom. The molecule has 1 aromatic rings. The van der Waals surface area contributed by atoms with Crippen LogP contribution in [0.1, 0.15) is 31.7 Å². The Balaban J connectivity index is 1.87. The number of likely N-dealkylation sites (N-methyl/N-ethyl adjacent to an activating group) is 1. The summed E-state index contributed by atoms with van der Waals surface area (Å²) in [5, 5.41) is 3.57. The third-order valence-corrected chi connectivity index (χ3v) is 3.01. The molecule has 0 radical (unpaired) electrons. The first-order chi connectivity index (χ1) is 7.38. The molecule has 1 saturated carbocycles. The standard InChI is InChI=1S/C13H20N2/c1-2-15-13(8-11-5-6-11)9-12-4-3-7-14-10-12/h3-4,7,10-11,13,15H,2,5-6,8-9H2,1H3. The van der Waals surface area contributed by atoms with Crippen molar-refractivity contribution in [3.63, 3.8) is 0 Å². The summed E-state index contributed by atoms with van der Waals surface area (Å²) in [6.45, 7) is 3.25. The van der Waals surface area contributed by atoms with Gasteiger partial charge in [0.05, 0.1) is 0 Å². The molecule has 1 aromatic heterocycles. The quantitative estimate of drug-likeness (QED) is 0.769. The third kappa shape index (κ3) is 3.63. The molecule has 1 atom stereocenters. The SMILES string of the molecule is CCNC(Cc1cccnc1)CC1CC1. The van der Waals surface area contributed by atoms with E-state index >= 15 is 0 Å². The number of aromatic nitrogens is 1. The highest BCUT2D eigenvalue weighted by atomic mass is 14.9. The van der Waals surface area contributed by atoms with Crippen LogP contribution in [0.15, 0.2) is 24.5 Å². The summed E-state index contributed by atoms with van der Waals surface area (Å²) in [6.07, 6.45) is 9.16. The van der Waals surface area contributed by atoms with Crippen LogP contribution in [0.2, 0.25) is 0 Å². The Hall–Kier alpha value is -0.890. The Kier molecular flexibility index (Phi) is 3.73. The Bertz CT molecular complexity index is 280. The van der Waals surface area contributed by atoms with Gasteiger partial charge in [0.2, 0.25) is 0 Å². The van der Waals surface area contributed by atoms with E-state index < -0.39 is 0 Å². The first kappa shape index (κ1) is 10.6. The van der Waals surface area contributed by atoms with Gasteiger partial charge in [0.25, 0.3) is 0 Å². The zero-order valence-electron chi connectivity index (χ0n) is 9.45. The van der Waals surface area contributed by atoms with E-state index in [0.717, 1.165) is 18.9 Å². The second-order valence-electron chi connectivity index (χ2n) is 4.50. The second-order valence-corrected chi connectivity index (χ2v) is 4.50. The molecule has 1 fully saturated rings. The normalized spacial score (nSPS) is 17.7. The minimum atomic E-state index is 0.645. The third-order valence-electron chi connectivity index (χ3n) is 3.01. The number of pyridine rings is 1. The Labute approximate surface area is 92.1 Å². The average Bonchev–Trinajstić information content (AvgIpc) is 3.03. The van der Waals surface area contributed by atoms with Gasteiger partial charge in [0, 0.05) is 18.4 Å². The largest absolute Gasteiger partial charge is 0.314 e. The smallest absolute Gasteiger partial charge is 0.0300 e. The summed E-state index contributed by atoms with van der Waals surface area (Å²) in [5.41, 5.74) is 1.35. The lowest BCUT2D eigenvalue weighted by Crippen LogP contribution is -2.31. The number of nitrogens with one attached hydrogen (secondary N) is 1. The lowest BCUT2D eigenvalue weighted by Gasteiger charge is -2.17. The molecule has 0 aromatic carbocycles. The maximum atomic E-state index is 4.16. The molecule has 0 saturated heterocycles. The topological polar surface area (TPSA) is 24.9 Å². The maximum Gasteiger partial charge on any atom is 0.0300 e. The average molecular weight is 204 g/mol. The van der Waals surface area contributed by atoms with E-state index in [4.69, 9.17) is 0 Å². The van der Waals surface area contributed by atoms with Gasteiger partial charge in [-0.15, -0.1) is 0 Å². The lowest BCUT2D eigenvalue weighted by molar-refractivity contribution is 0.465. The molecular formula is C13H20N2. The van der Waals surface area contributed by atoms with E-state index in [9.17, 15) is 0 Å². The minimum absolute atomic E-state index is 0.645. The van der Waals surface area contributed by atoms with Crippen LogP contribution in [-0.2, 0) is 6.42 Å². The van der Waals surface area contributed by atoms with Crippen LogP contribution in [-0.4, -0.2) is 17.6 Å². The molecule has 1 N–H and O–H groups in total. The highest BCUT2D eigenvalue weighted by molar-refractivity contribution is 5.10. The molecule has 0 aliphatic heterocycles. The van der Waals surface area contributed by atoms with E-state index in [2.05, 4.69) is 23.3 Å². The molecule has 0 bridgehead atoms. The van der Waals surface area contributed by atoms with Crippen molar-refractivity contribution in [1.82, 2.24) is 10.3 Å². The van der Waals surface area contributed by atoms with E-state index in [1.165, 1.54) is 24.8 Å². The van der Waals surface area contributed by atoms with Crippen molar-refractivity contribution in [1.29, 1.82) is 0 Å². The maximum absolute atomic E-state index is 4.16. The van der Waals surface area contributed by atoms with Crippen molar-refractivity contribution >= 4 is 0 Å². The molecule has 0 spiro atoms. The van der Waals surface area contributed by atoms with Crippen LogP contribution in [0.3, 0.4) is 0 Å². The monoisotopic (exact) mass is 204 g/mol. The summed E-state index contributed by atoms with van der Waals surface area (Å²) in [4.78, 5) is 4.16. The van der Waals surface area contributed by atoms with Crippen LogP contribution >= 0.6 is 0 Å². The molecule has 1 heterocycles. The van der Waals surface area contributed by atoms with E-state index in [0.29, 0.717) is 6.04 Å². The summed E-state index contributed by atoms with van der Waals surface area (Å²) in [7, 11) is 0. The summed E-state index contributed by atoms with van der Waals surface area (Å²) in [6, 6.07) is 4.84. The fraction of sp³-hybridized carbons (Fsp3) is 0.615. The zero-order valence-corrected chi connectivity index (χ0v) is 9.45. The van der Waals surface area contributed by atoms with Crippen LogP contribution in [0, 0.1) is 5.92 Å². The number of nitrogens with zero attached hydrogens (tertiary/aromatic N) is 1. The predicted octanol–water partition coefficient (Wildman–Crippen LogP) is 2.40. The van der Waals surface area contributed by atoms with Crippen LogP contribution in [0.5, 0.6) is 0 Å². The van der Waals surface area contributed by atoms with Crippen molar-refractivity contribution in [3.8, 4) is 0 Å². The Morgan fingerprint density at radius 2 is 2.40 bits per heavy atom. The highest BCUT2D eigenvalue weighted by Gasteiger charge is 2.25. The van der Waals surface area contributed by atoms with Crippen molar-refractivity contribution in [2.24, 2.45) is 5.92 Å². The van der Waals surface area contributed by atoms with Gasteiger partial charge in [-0.1, -0.05) is 25.8 Å². The second kappa shape index (κ2) is 5.26. The molecule has 1 unspecified atom stereocenters. The molecule has 1 aliphatic rings. The predicted molar refractivity (Wildman–Crippen MR) is 62.7 cm³/mol. The van der Waals surface area contributed by atoms with Gasteiger partial charge in [-0.25, -0.2) is 0 Å². The van der Waals surface area contributed by atoms with Crippen LogP contribution < -0.4 is 5.32 Å². The minimum Gasteiger partial charge on any atom is -0.314 e. The molecule has 0 amide bonds. The fourth-order valence-corrected chi connectivity index (χ4v) is 2.09. The van der Waals surface area contributed by atoms with E-state index in [1.807, 2.05) is 18.5 Å². The molecule has 2 nitrogen and oxygen atoms in total. The van der Waals surface area contributed by atoms with E-state index in [-0.39, 0.29) is 0 Å². The molecule has 2 rings (SSSR count). The highest BCUT2D eigenvalue weighted by Crippen LogP contribution is 2.34. The summed E-state index contributed by atoms with van der Waals surface area (Å²) < 4.78 is 0. The lowest BCUT2D eigenvalue weighted by atomic mass is 10.0. The number of hydrogen-bond donors (Lipinski definition) is 1. The van der Waals surface area contributed by atoms with Crippen molar-refractivity contribution in [3.05, 3.63) is 30.1 Å². The van der Waals surface area contributed by atoms with Gasteiger partial charge in [0.1, 0.15) is 0 Å². The zero-order chi connectivity index (χ0) is 10.5. The van der Waals surface area contributed by atoms with Gasteiger partial charge in [-0.2, -0.15) is 0 Å². The fourth-order valence-electron chi connectivity index (χ4n) is 2.09. The first-order valence-electron chi connectivity index (χ1n) is 6.00. The van der Waals surface area contributed by atoms with Gasteiger partial charge in [0.15, 0.2) is 0 Å². The molecule has 82 valence electrons. The summed E-state index contributed by atoms with van der Waals surface area (Å²) in [5.74, 6) is 0.991. The van der Waals surface area contributed by atoms with E-state index in [1.54, 1.807) is 0 Å². The molecule has 15 heavy (non-hydrogen) atoms. The van der Waals surface area contributed by atoms with Gasteiger partial charge in [-0.3, -0.25) is 4.98 Å². The van der Waals surface area contributed by atoms with Gasteiger partial charge in [-0.05, 0) is 36.9 Å². The van der Waals surface area contributed by atoms with Crippen molar-refractivity contribution in [2.75, 3.05) is 6.54 Å².